The van der Waals surface area contributed by atoms with Crippen molar-refractivity contribution in [3.05, 3.63) is 16.3 Å². The zero-order chi connectivity index (χ0) is 12.6. The zero-order valence-corrected chi connectivity index (χ0v) is 9.88. The highest BCUT2D eigenvalue weighted by molar-refractivity contribution is 7.18. The van der Waals surface area contributed by atoms with Gasteiger partial charge in [-0.05, 0) is 23.7 Å². The average Bonchev–Trinajstić information content (AvgIpc) is 2.82. The molecule has 2 atom stereocenters. The lowest BCUT2D eigenvalue weighted by Gasteiger charge is -2.21. The second-order valence-electron chi connectivity index (χ2n) is 3.98. The van der Waals surface area contributed by atoms with E-state index in [1.54, 1.807) is 4.90 Å². The lowest BCUT2D eigenvalue weighted by molar-refractivity contribution is -0.380. The van der Waals surface area contributed by atoms with Crippen LogP contribution in [0.5, 0.6) is 0 Å². The van der Waals surface area contributed by atoms with Crippen molar-refractivity contribution < 1.29 is 14.8 Å². The minimum atomic E-state index is -0.909. The number of carboxylic acid groups (broad SMARTS) is 1. The number of aromatic nitrogens is 1. The fraction of sp³-hybridized carbons (Fsp3) is 0.556. The largest absolute Gasteiger partial charge is 0.480 e. The lowest BCUT2D eigenvalue weighted by Crippen LogP contribution is -2.38. The monoisotopic (exact) mass is 257 g/mol. The van der Waals surface area contributed by atoms with Crippen molar-refractivity contribution in [1.82, 2.24) is 4.98 Å². The Morgan fingerprint density at radius 1 is 1.76 bits per heavy atom. The number of aliphatic carboxylic acids is 1. The smallest absolute Gasteiger partial charge is 0.345 e. The summed E-state index contributed by atoms with van der Waals surface area (Å²) >= 11 is 0.914. The first kappa shape index (κ1) is 11.8. The third-order valence-electron chi connectivity index (χ3n) is 2.86. The van der Waals surface area contributed by atoms with E-state index in [2.05, 4.69) is 4.98 Å². The third-order valence-corrected chi connectivity index (χ3v) is 3.85. The van der Waals surface area contributed by atoms with Gasteiger partial charge in [-0.15, -0.1) is 0 Å². The molecule has 8 heteroatoms. The summed E-state index contributed by atoms with van der Waals surface area (Å²) in [6, 6.07) is -0.638. The minimum Gasteiger partial charge on any atom is -0.480 e. The molecule has 2 rings (SSSR count). The highest BCUT2D eigenvalue weighted by atomic mass is 32.1. The summed E-state index contributed by atoms with van der Waals surface area (Å²) in [6.07, 6.45) is 1.92. The molecule has 1 aliphatic heterocycles. The van der Waals surface area contributed by atoms with Gasteiger partial charge in [0.05, 0.1) is 4.92 Å². The summed E-state index contributed by atoms with van der Waals surface area (Å²) in [5.74, 6) is -0.886. The molecular formula is C9H11N3O4S. The number of carboxylic acids is 1. The van der Waals surface area contributed by atoms with E-state index in [0.29, 0.717) is 11.7 Å². The maximum atomic E-state index is 11.1. The van der Waals surface area contributed by atoms with E-state index in [1.165, 1.54) is 6.20 Å². The first-order valence-corrected chi connectivity index (χ1v) is 5.92. The van der Waals surface area contributed by atoms with Gasteiger partial charge in [0.15, 0.2) is 5.13 Å². The van der Waals surface area contributed by atoms with Crippen molar-refractivity contribution in [1.29, 1.82) is 0 Å². The van der Waals surface area contributed by atoms with Gasteiger partial charge in [-0.25, -0.2) is 9.78 Å². The summed E-state index contributed by atoms with van der Waals surface area (Å²) in [4.78, 5) is 26.7. The van der Waals surface area contributed by atoms with Crippen molar-refractivity contribution in [3.63, 3.8) is 0 Å². The molecule has 1 aromatic heterocycles. The topological polar surface area (TPSA) is 96.6 Å². The van der Waals surface area contributed by atoms with Crippen LogP contribution in [-0.2, 0) is 4.79 Å². The van der Waals surface area contributed by atoms with E-state index in [9.17, 15) is 14.9 Å². The number of thiazole rings is 1. The molecular weight excluding hydrogens is 246 g/mol. The Kier molecular flexibility index (Phi) is 2.97. The van der Waals surface area contributed by atoms with Crippen molar-refractivity contribution >= 4 is 27.4 Å². The second-order valence-corrected chi connectivity index (χ2v) is 4.97. The van der Waals surface area contributed by atoms with Crippen LogP contribution < -0.4 is 4.90 Å². The SMILES string of the molecule is CC1CCN(c2ncc([N+](=O)[O-])s2)C1C(=O)O. The Hall–Kier alpha value is -1.70. The molecule has 0 saturated carbocycles. The number of nitro groups is 1. The molecule has 1 fully saturated rings. The standard InChI is InChI=1S/C9H11N3O4S/c1-5-2-3-11(7(5)8(13)14)9-10-4-6(17-9)12(15)16/h4-5,7H,2-3H2,1H3,(H,13,14). The third kappa shape index (κ3) is 2.07. The molecule has 2 heterocycles. The molecule has 1 N–H and O–H groups in total. The Bertz CT molecular complexity index is 461. The van der Waals surface area contributed by atoms with Gasteiger partial charge in [0.25, 0.3) is 0 Å². The van der Waals surface area contributed by atoms with Gasteiger partial charge in [0, 0.05) is 6.54 Å². The van der Waals surface area contributed by atoms with E-state index >= 15 is 0 Å². The molecule has 1 aliphatic rings. The zero-order valence-electron chi connectivity index (χ0n) is 9.07. The number of carbonyl (C=O) groups is 1. The Labute approximate surface area is 101 Å². The van der Waals surface area contributed by atoms with Crippen LogP contribution in [0.15, 0.2) is 6.20 Å². The highest BCUT2D eigenvalue weighted by Crippen LogP contribution is 2.35. The van der Waals surface area contributed by atoms with Gasteiger partial charge < -0.3 is 10.0 Å². The van der Waals surface area contributed by atoms with Crippen LogP contribution in [0.2, 0.25) is 0 Å². The molecule has 0 spiro atoms. The van der Waals surface area contributed by atoms with Crippen LogP contribution in [0.4, 0.5) is 10.1 Å². The molecule has 0 aliphatic carbocycles. The van der Waals surface area contributed by atoms with Crippen LogP contribution in [0, 0.1) is 16.0 Å². The Morgan fingerprint density at radius 3 is 3.00 bits per heavy atom. The summed E-state index contributed by atoms with van der Waals surface area (Å²) in [6.45, 7) is 2.43. The van der Waals surface area contributed by atoms with Crippen molar-refractivity contribution in [2.45, 2.75) is 19.4 Å². The number of hydrogen-bond acceptors (Lipinski definition) is 6. The molecule has 1 saturated heterocycles. The first-order chi connectivity index (χ1) is 8.00. The molecule has 92 valence electrons. The van der Waals surface area contributed by atoms with Crippen molar-refractivity contribution in [2.24, 2.45) is 5.92 Å². The Morgan fingerprint density at radius 2 is 2.47 bits per heavy atom. The van der Waals surface area contributed by atoms with E-state index in [1.807, 2.05) is 6.92 Å². The van der Waals surface area contributed by atoms with Gasteiger partial charge in [0.1, 0.15) is 12.2 Å². The molecule has 17 heavy (non-hydrogen) atoms. The molecule has 2 unspecified atom stereocenters. The fourth-order valence-electron chi connectivity index (χ4n) is 2.01. The predicted octanol–water partition coefficient (Wildman–Crippen LogP) is 1.35. The number of hydrogen-bond donors (Lipinski definition) is 1. The van der Waals surface area contributed by atoms with Crippen LogP contribution in [0.25, 0.3) is 0 Å². The highest BCUT2D eigenvalue weighted by Gasteiger charge is 2.38. The molecule has 0 bridgehead atoms. The normalized spacial score (nSPS) is 23.9. The molecule has 0 radical (unpaired) electrons. The maximum absolute atomic E-state index is 11.1. The molecule has 0 amide bonds. The summed E-state index contributed by atoms with van der Waals surface area (Å²) in [5.41, 5.74) is 0. The minimum absolute atomic E-state index is 0.0236. The Balaban J connectivity index is 2.26. The van der Waals surface area contributed by atoms with E-state index in [-0.39, 0.29) is 10.9 Å². The van der Waals surface area contributed by atoms with E-state index in [0.717, 1.165) is 17.8 Å². The van der Waals surface area contributed by atoms with Crippen LogP contribution in [0.1, 0.15) is 13.3 Å². The molecule has 1 aromatic rings. The van der Waals surface area contributed by atoms with Gasteiger partial charge in [-0.1, -0.05) is 6.92 Å². The quantitative estimate of drug-likeness (QED) is 0.648. The number of nitrogens with zero attached hydrogens (tertiary/aromatic N) is 3. The summed E-state index contributed by atoms with van der Waals surface area (Å²) in [5, 5.41) is 20.0. The van der Waals surface area contributed by atoms with Gasteiger partial charge in [-0.2, -0.15) is 0 Å². The first-order valence-electron chi connectivity index (χ1n) is 5.10. The van der Waals surface area contributed by atoms with Gasteiger partial charge in [-0.3, -0.25) is 10.1 Å². The molecule has 7 nitrogen and oxygen atoms in total. The second kappa shape index (κ2) is 4.28. The van der Waals surface area contributed by atoms with Gasteiger partial charge >= 0.3 is 11.0 Å². The molecule has 0 aromatic carbocycles. The maximum Gasteiger partial charge on any atom is 0.345 e. The van der Waals surface area contributed by atoms with E-state index in [4.69, 9.17) is 5.11 Å². The van der Waals surface area contributed by atoms with Crippen LogP contribution in [-0.4, -0.2) is 33.6 Å². The van der Waals surface area contributed by atoms with E-state index < -0.39 is 16.9 Å². The van der Waals surface area contributed by atoms with Gasteiger partial charge in [0.2, 0.25) is 0 Å². The van der Waals surface area contributed by atoms with Crippen LogP contribution >= 0.6 is 11.3 Å². The summed E-state index contributed by atoms with van der Waals surface area (Å²) in [7, 11) is 0. The predicted molar refractivity (Wildman–Crippen MR) is 61.3 cm³/mol. The van der Waals surface area contributed by atoms with Crippen LogP contribution in [0.3, 0.4) is 0 Å². The van der Waals surface area contributed by atoms with Crippen molar-refractivity contribution in [3.8, 4) is 0 Å². The number of rotatable bonds is 3. The number of anilines is 1. The average molecular weight is 257 g/mol. The van der Waals surface area contributed by atoms with Crippen molar-refractivity contribution in [2.75, 3.05) is 11.4 Å². The fourth-order valence-corrected chi connectivity index (χ4v) is 2.81. The lowest BCUT2D eigenvalue weighted by atomic mass is 10.0. The summed E-state index contributed by atoms with van der Waals surface area (Å²) < 4.78 is 0.